The van der Waals surface area contributed by atoms with Crippen LogP contribution in [0.5, 0.6) is 0 Å². The van der Waals surface area contributed by atoms with Crippen molar-refractivity contribution >= 4 is 21.9 Å². The quantitative estimate of drug-likeness (QED) is 0.566. The summed E-state index contributed by atoms with van der Waals surface area (Å²) in [5.41, 5.74) is 0.883. The first-order valence-corrected chi connectivity index (χ1v) is 4.52. The van der Waals surface area contributed by atoms with E-state index in [0.717, 1.165) is 0 Å². The van der Waals surface area contributed by atoms with Gasteiger partial charge < -0.3 is 9.84 Å². The second kappa shape index (κ2) is 3.79. The molecule has 0 heterocycles. The summed E-state index contributed by atoms with van der Waals surface area (Å²) in [7, 11) is 1.29. The van der Waals surface area contributed by atoms with Crippen LogP contribution in [0, 0.1) is 0 Å². The van der Waals surface area contributed by atoms with E-state index >= 15 is 0 Å². The fourth-order valence-electron chi connectivity index (χ4n) is 0.988. The zero-order chi connectivity index (χ0) is 10.0. The van der Waals surface area contributed by atoms with Crippen molar-refractivity contribution in [2.24, 2.45) is 0 Å². The Hall–Kier alpha value is -1.03. The fourth-order valence-corrected chi connectivity index (χ4v) is 1.51. The monoisotopic (exact) mass is 244 g/mol. The van der Waals surface area contributed by atoms with Gasteiger partial charge in [-0.15, -0.1) is 0 Å². The lowest BCUT2D eigenvalue weighted by atomic mass is 9.99. The standard InChI is InChI=1S/C9H9BrO3/c1-5-7(9(12)13-2)3-6(11)4-8(5)10/h3-4,8,11H,1H2,2H3. The SMILES string of the molecule is C=C1C(C(=O)OC)=CC(O)=CC1Br. The minimum absolute atomic E-state index is 0.0367. The maximum atomic E-state index is 11.2. The molecule has 0 aromatic carbocycles. The number of esters is 1. The van der Waals surface area contributed by atoms with Gasteiger partial charge in [-0.05, 0) is 17.7 Å². The van der Waals surface area contributed by atoms with Crippen LogP contribution >= 0.6 is 15.9 Å². The Labute approximate surface area is 84.5 Å². The molecule has 0 saturated heterocycles. The molecule has 0 radical (unpaired) electrons. The lowest BCUT2D eigenvalue weighted by molar-refractivity contribution is -0.135. The summed E-state index contributed by atoms with van der Waals surface area (Å²) in [6.45, 7) is 3.71. The number of ether oxygens (including phenoxy) is 1. The second-order valence-electron chi connectivity index (χ2n) is 2.57. The van der Waals surface area contributed by atoms with Crippen molar-refractivity contribution in [3.05, 3.63) is 35.6 Å². The summed E-state index contributed by atoms with van der Waals surface area (Å²) < 4.78 is 4.53. The van der Waals surface area contributed by atoms with Gasteiger partial charge in [0.2, 0.25) is 0 Å². The van der Waals surface area contributed by atoms with Crippen LogP contribution in [-0.4, -0.2) is 23.0 Å². The number of allylic oxidation sites excluding steroid dienone is 2. The molecule has 1 unspecified atom stereocenters. The maximum Gasteiger partial charge on any atom is 0.338 e. The van der Waals surface area contributed by atoms with E-state index in [4.69, 9.17) is 0 Å². The van der Waals surface area contributed by atoms with Gasteiger partial charge in [0.15, 0.2) is 0 Å². The first-order valence-electron chi connectivity index (χ1n) is 3.60. The molecule has 0 saturated carbocycles. The summed E-state index contributed by atoms with van der Waals surface area (Å²) in [5, 5.41) is 9.22. The minimum Gasteiger partial charge on any atom is -0.508 e. The molecule has 0 fully saturated rings. The van der Waals surface area contributed by atoms with Gasteiger partial charge in [0.05, 0.1) is 17.5 Å². The highest BCUT2D eigenvalue weighted by Crippen LogP contribution is 2.27. The third kappa shape index (κ3) is 2.01. The van der Waals surface area contributed by atoms with Crippen molar-refractivity contribution < 1.29 is 14.6 Å². The van der Waals surface area contributed by atoms with Gasteiger partial charge >= 0.3 is 5.97 Å². The Morgan fingerprint density at radius 2 is 2.38 bits per heavy atom. The fraction of sp³-hybridized carbons (Fsp3) is 0.222. The van der Waals surface area contributed by atoms with Crippen LogP contribution in [0.1, 0.15) is 0 Å². The average Bonchev–Trinajstić information content (AvgIpc) is 2.10. The van der Waals surface area contributed by atoms with Crippen molar-refractivity contribution in [3.8, 4) is 0 Å². The van der Waals surface area contributed by atoms with Crippen LogP contribution in [0.3, 0.4) is 0 Å². The molecule has 1 aliphatic rings. The van der Waals surface area contributed by atoms with E-state index in [1.807, 2.05) is 0 Å². The van der Waals surface area contributed by atoms with Crippen LogP contribution in [-0.2, 0) is 9.53 Å². The number of aliphatic hydroxyl groups is 1. The van der Waals surface area contributed by atoms with Gasteiger partial charge in [0.25, 0.3) is 0 Å². The number of hydrogen-bond acceptors (Lipinski definition) is 3. The van der Waals surface area contributed by atoms with Gasteiger partial charge in [-0.25, -0.2) is 4.79 Å². The summed E-state index contributed by atoms with van der Waals surface area (Å²) in [4.78, 5) is 10.9. The highest BCUT2D eigenvalue weighted by Gasteiger charge is 2.22. The number of carbonyl (C=O) groups excluding carboxylic acids is 1. The van der Waals surface area contributed by atoms with E-state index in [0.29, 0.717) is 11.1 Å². The molecular formula is C9H9BrO3. The molecule has 0 aromatic heterocycles. The maximum absolute atomic E-state index is 11.2. The Morgan fingerprint density at radius 1 is 1.77 bits per heavy atom. The normalized spacial score (nSPS) is 22.0. The molecule has 1 aliphatic carbocycles. The van der Waals surface area contributed by atoms with E-state index in [2.05, 4.69) is 27.2 Å². The largest absolute Gasteiger partial charge is 0.508 e. The predicted octanol–water partition coefficient (Wildman–Crippen LogP) is 1.86. The van der Waals surface area contributed by atoms with Crippen molar-refractivity contribution in [1.82, 2.24) is 0 Å². The van der Waals surface area contributed by atoms with Crippen molar-refractivity contribution in [3.63, 3.8) is 0 Å². The highest BCUT2D eigenvalue weighted by atomic mass is 79.9. The van der Waals surface area contributed by atoms with Gasteiger partial charge in [0, 0.05) is 0 Å². The smallest absolute Gasteiger partial charge is 0.338 e. The van der Waals surface area contributed by atoms with Gasteiger partial charge in [0.1, 0.15) is 5.76 Å². The molecule has 0 aliphatic heterocycles. The number of aliphatic hydroxyl groups excluding tert-OH is 1. The zero-order valence-corrected chi connectivity index (χ0v) is 8.67. The Morgan fingerprint density at radius 3 is 2.92 bits per heavy atom. The second-order valence-corrected chi connectivity index (χ2v) is 3.55. The highest BCUT2D eigenvalue weighted by molar-refractivity contribution is 9.09. The van der Waals surface area contributed by atoms with Gasteiger partial charge in [-0.2, -0.15) is 0 Å². The molecule has 3 nitrogen and oxygen atoms in total. The predicted molar refractivity (Wildman–Crippen MR) is 52.7 cm³/mol. The topological polar surface area (TPSA) is 46.5 Å². The molecule has 0 bridgehead atoms. The van der Waals surface area contributed by atoms with E-state index in [9.17, 15) is 9.90 Å². The summed E-state index contributed by atoms with van der Waals surface area (Å²) in [6, 6.07) is 0. The number of carbonyl (C=O) groups is 1. The summed E-state index contributed by atoms with van der Waals surface area (Å²) in [5.74, 6) is -0.455. The number of rotatable bonds is 1. The van der Waals surface area contributed by atoms with Crippen LogP contribution in [0.2, 0.25) is 0 Å². The van der Waals surface area contributed by atoms with E-state index in [1.165, 1.54) is 13.2 Å². The number of halogens is 1. The first kappa shape index (κ1) is 10.1. The van der Waals surface area contributed by atoms with Crippen molar-refractivity contribution in [2.75, 3.05) is 7.11 Å². The molecule has 13 heavy (non-hydrogen) atoms. The van der Waals surface area contributed by atoms with Crippen LogP contribution in [0.4, 0.5) is 0 Å². The number of hydrogen-bond donors (Lipinski definition) is 1. The number of methoxy groups -OCH3 is 1. The molecule has 1 N–H and O–H groups in total. The van der Waals surface area contributed by atoms with E-state index < -0.39 is 5.97 Å². The molecule has 0 amide bonds. The molecule has 1 rings (SSSR count). The van der Waals surface area contributed by atoms with E-state index in [1.54, 1.807) is 6.08 Å². The Bertz CT molecular complexity index is 315. The lowest BCUT2D eigenvalue weighted by Crippen LogP contribution is -2.15. The van der Waals surface area contributed by atoms with Crippen LogP contribution in [0.25, 0.3) is 0 Å². The molecule has 4 heteroatoms. The zero-order valence-electron chi connectivity index (χ0n) is 7.08. The number of alkyl halides is 1. The lowest BCUT2D eigenvalue weighted by Gasteiger charge is -2.16. The van der Waals surface area contributed by atoms with Crippen molar-refractivity contribution in [2.45, 2.75) is 4.83 Å². The summed E-state index contributed by atoms with van der Waals surface area (Å²) >= 11 is 3.25. The molecule has 0 spiro atoms. The van der Waals surface area contributed by atoms with E-state index in [-0.39, 0.29) is 10.6 Å². The molecular weight excluding hydrogens is 236 g/mol. The summed E-state index contributed by atoms with van der Waals surface area (Å²) in [6.07, 6.45) is 2.89. The third-order valence-corrected chi connectivity index (χ3v) is 2.51. The average molecular weight is 245 g/mol. The molecule has 1 atom stereocenters. The third-order valence-electron chi connectivity index (χ3n) is 1.69. The molecule has 70 valence electrons. The van der Waals surface area contributed by atoms with Crippen molar-refractivity contribution in [1.29, 1.82) is 0 Å². The first-order chi connectivity index (χ1) is 6.06. The Balaban J connectivity index is 3.02. The Kier molecular flexibility index (Phi) is 2.93. The van der Waals surface area contributed by atoms with Crippen LogP contribution < -0.4 is 0 Å². The van der Waals surface area contributed by atoms with Gasteiger partial charge in [-0.1, -0.05) is 22.5 Å². The van der Waals surface area contributed by atoms with Gasteiger partial charge in [-0.3, -0.25) is 0 Å². The van der Waals surface area contributed by atoms with Crippen LogP contribution in [0.15, 0.2) is 35.6 Å². The molecule has 0 aromatic rings. The minimum atomic E-state index is -0.492.